The third-order valence-electron chi connectivity index (χ3n) is 1.38. The van der Waals surface area contributed by atoms with Crippen molar-refractivity contribution in [2.24, 2.45) is 0 Å². The van der Waals surface area contributed by atoms with Gasteiger partial charge in [0.05, 0.1) is 10.8 Å². The summed E-state index contributed by atoms with van der Waals surface area (Å²) in [5.74, 6) is 0.764. The van der Waals surface area contributed by atoms with Crippen molar-refractivity contribution in [3.63, 3.8) is 0 Å². The Bertz CT molecular complexity index is 272. The van der Waals surface area contributed by atoms with E-state index in [1.54, 1.807) is 0 Å². The van der Waals surface area contributed by atoms with Gasteiger partial charge in [0.1, 0.15) is 0 Å². The van der Waals surface area contributed by atoms with Crippen molar-refractivity contribution < 1.29 is 4.21 Å². The van der Waals surface area contributed by atoms with Gasteiger partial charge >= 0.3 is 0 Å². The molecule has 12 heavy (non-hydrogen) atoms. The van der Waals surface area contributed by atoms with Gasteiger partial charge in [-0.05, 0) is 6.42 Å². The average Bonchev–Trinajstić information content (AvgIpc) is 2.47. The molecule has 0 aliphatic rings. The lowest BCUT2D eigenvalue weighted by Gasteiger charge is -1.93. The van der Waals surface area contributed by atoms with Crippen molar-refractivity contribution in [3.8, 4) is 0 Å². The van der Waals surface area contributed by atoms with E-state index in [1.807, 2.05) is 6.92 Å². The predicted molar refractivity (Wildman–Crippen MR) is 47.0 cm³/mol. The molecule has 0 unspecified atom stereocenters. The third kappa shape index (κ3) is 2.30. The number of unbranched alkanes of at least 4 members (excludes halogenated alkanes) is 1. The summed E-state index contributed by atoms with van der Waals surface area (Å²) >= 11 is 0. The maximum atomic E-state index is 11.3. The number of aromatic amines is 1. The van der Waals surface area contributed by atoms with Gasteiger partial charge in [0.25, 0.3) is 0 Å². The Morgan fingerprint density at radius 3 is 2.92 bits per heavy atom. The SMILES string of the molecule is CCCC[S@@](=O)c1nc(N)n[nH]1. The van der Waals surface area contributed by atoms with E-state index in [1.165, 1.54) is 0 Å². The number of hydrogen-bond donors (Lipinski definition) is 2. The summed E-state index contributed by atoms with van der Waals surface area (Å²) in [5, 5.41) is 6.50. The molecule has 1 atom stereocenters. The number of nitrogen functional groups attached to an aromatic ring is 1. The Labute approximate surface area is 73.2 Å². The first-order chi connectivity index (χ1) is 5.74. The fourth-order valence-electron chi connectivity index (χ4n) is 0.733. The summed E-state index contributed by atoms with van der Waals surface area (Å²) in [4.78, 5) is 3.77. The van der Waals surface area contributed by atoms with Crippen LogP contribution < -0.4 is 5.73 Å². The molecule has 5 nitrogen and oxygen atoms in total. The van der Waals surface area contributed by atoms with Crippen LogP contribution in [0.25, 0.3) is 0 Å². The highest BCUT2D eigenvalue weighted by Crippen LogP contribution is 2.02. The van der Waals surface area contributed by atoms with Gasteiger partial charge in [-0.25, -0.2) is 0 Å². The number of H-pyrrole nitrogens is 1. The van der Waals surface area contributed by atoms with E-state index in [-0.39, 0.29) is 5.95 Å². The first-order valence-corrected chi connectivity index (χ1v) is 5.12. The van der Waals surface area contributed by atoms with E-state index >= 15 is 0 Å². The Morgan fingerprint density at radius 1 is 1.67 bits per heavy atom. The maximum absolute atomic E-state index is 11.3. The lowest BCUT2D eigenvalue weighted by Crippen LogP contribution is -1.99. The second-order valence-corrected chi connectivity index (χ2v) is 3.89. The predicted octanol–water partition coefficient (Wildman–Crippen LogP) is 0.295. The molecule has 1 aromatic heterocycles. The Balaban J connectivity index is 2.53. The van der Waals surface area contributed by atoms with Gasteiger partial charge in [-0.15, -0.1) is 5.10 Å². The molecule has 0 amide bonds. The minimum Gasteiger partial charge on any atom is -0.366 e. The topological polar surface area (TPSA) is 84.7 Å². The van der Waals surface area contributed by atoms with Gasteiger partial charge in [-0.2, -0.15) is 4.98 Å². The molecular weight excluding hydrogens is 176 g/mol. The smallest absolute Gasteiger partial charge is 0.240 e. The molecule has 1 heterocycles. The van der Waals surface area contributed by atoms with Gasteiger partial charge in [0.15, 0.2) is 0 Å². The molecule has 0 aliphatic heterocycles. The van der Waals surface area contributed by atoms with Crippen LogP contribution in [0.1, 0.15) is 19.8 Å². The molecule has 3 N–H and O–H groups in total. The van der Waals surface area contributed by atoms with Gasteiger partial charge in [0.2, 0.25) is 11.1 Å². The van der Waals surface area contributed by atoms with Gasteiger partial charge in [0, 0.05) is 5.75 Å². The summed E-state index contributed by atoms with van der Waals surface area (Å²) < 4.78 is 11.3. The normalized spacial score (nSPS) is 13.1. The van der Waals surface area contributed by atoms with Crippen LogP contribution in [0.2, 0.25) is 0 Å². The van der Waals surface area contributed by atoms with E-state index in [2.05, 4.69) is 15.2 Å². The molecule has 1 rings (SSSR count). The zero-order valence-corrected chi connectivity index (χ0v) is 7.73. The monoisotopic (exact) mass is 188 g/mol. The first kappa shape index (κ1) is 9.18. The zero-order chi connectivity index (χ0) is 8.97. The minimum atomic E-state index is -1.07. The van der Waals surface area contributed by atoms with E-state index in [9.17, 15) is 4.21 Å². The van der Waals surface area contributed by atoms with Crippen molar-refractivity contribution in [1.82, 2.24) is 15.2 Å². The van der Waals surface area contributed by atoms with Gasteiger partial charge < -0.3 is 5.73 Å². The first-order valence-electron chi connectivity index (χ1n) is 3.80. The van der Waals surface area contributed by atoms with E-state index in [0.29, 0.717) is 10.9 Å². The molecule has 0 fully saturated rings. The molecule has 0 bridgehead atoms. The number of nitrogens with two attached hydrogens (primary N) is 1. The van der Waals surface area contributed by atoms with Crippen LogP contribution in [-0.4, -0.2) is 25.1 Å². The summed E-state index contributed by atoms with van der Waals surface area (Å²) in [7, 11) is -1.07. The standard InChI is InChI=1S/C6H12N4OS/c1-2-3-4-12(11)6-8-5(7)9-10-6/h2-4H2,1H3,(H3,7,8,9,10)/t12-/m1/s1. The van der Waals surface area contributed by atoms with Crippen LogP contribution in [0.5, 0.6) is 0 Å². The van der Waals surface area contributed by atoms with Crippen molar-refractivity contribution in [3.05, 3.63) is 0 Å². The zero-order valence-electron chi connectivity index (χ0n) is 6.91. The number of nitrogens with zero attached hydrogens (tertiary/aromatic N) is 2. The number of nitrogens with one attached hydrogen (secondary N) is 1. The van der Waals surface area contributed by atoms with Crippen molar-refractivity contribution in [2.75, 3.05) is 11.5 Å². The van der Waals surface area contributed by atoms with Crippen molar-refractivity contribution >= 4 is 16.7 Å². The molecule has 0 aliphatic carbocycles. The summed E-state index contributed by atoms with van der Waals surface area (Å²) in [5.41, 5.74) is 5.26. The van der Waals surface area contributed by atoms with E-state index < -0.39 is 10.8 Å². The molecule has 0 radical (unpaired) electrons. The lowest BCUT2D eigenvalue weighted by molar-refractivity contribution is 0.672. The number of rotatable bonds is 4. The van der Waals surface area contributed by atoms with Gasteiger partial charge in [-0.3, -0.25) is 9.31 Å². The Hall–Kier alpha value is -0.910. The highest BCUT2D eigenvalue weighted by molar-refractivity contribution is 7.84. The Morgan fingerprint density at radius 2 is 2.42 bits per heavy atom. The lowest BCUT2D eigenvalue weighted by atomic mass is 10.4. The van der Waals surface area contributed by atoms with Crippen LogP contribution in [-0.2, 0) is 10.8 Å². The molecule has 0 saturated heterocycles. The second-order valence-electron chi connectivity index (χ2n) is 2.40. The highest BCUT2D eigenvalue weighted by atomic mass is 32.2. The van der Waals surface area contributed by atoms with Crippen LogP contribution in [0.3, 0.4) is 0 Å². The quantitative estimate of drug-likeness (QED) is 0.711. The fourth-order valence-corrected chi connectivity index (χ4v) is 1.82. The molecule has 1 aromatic rings. The van der Waals surface area contributed by atoms with Crippen LogP contribution >= 0.6 is 0 Å². The summed E-state index contributed by atoms with van der Waals surface area (Å²) in [6, 6.07) is 0. The van der Waals surface area contributed by atoms with Crippen LogP contribution in [0.4, 0.5) is 5.95 Å². The molecule has 0 saturated carbocycles. The van der Waals surface area contributed by atoms with E-state index in [4.69, 9.17) is 5.73 Å². The number of aromatic nitrogens is 3. The number of hydrogen-bond acceptors (Lipinski definition) is 4. The van der Waals surface area contributed by atoms with Crippen molar-refractivity contribution in [1.29, 1.82) is 0 Å². The summed E-state index contributed by atoms with van der Waals surface area (Å²) in [6.45, 7) is 2.05. The molecule has 0 spiro atoms. The maximum Gasteiger partial charge on any atom is 0.240 e. The third-order valence-corrected chi connectivity index (χ3v) is 2.65. The number of anilines is 1. The molecule has 6 heteroatoms. The summed E-state index contributed by atoms with van der Waals surface area (Å²) in [6.07, 6.45) is 1.95. The minimum absolute atomic E-state index is 0.148. The molecule has 68 valence electrons. The van der Waals surface area contributed by atoms with Crippen LogP contribution in [0.15, 0.2) is 5.16 Å². The average molecular weight is 188 g/mol. The van der Waals surface area contributed by atoms with E-state index in [0.717, 1.165) is 12.8 Å². The highest BCUT2D eigenvalue weighted by Gasteiger charge is 2.07. The Kier molecular flexibility index (Phi) is 3.21. The van der Waals surface area contributed by atoms with Crippen LogP contribution in [0, 0.1) is 0 Å². The van der Waals surface area contributed by atoms with Gasteiger partial charge in [-0.1, -0.05) is 13.3 Å². The second kappa shape index (κ2) is 4.20. The molecular formula is C6H12N4OS. The largest absolute Gasteiger partial charge is 0.366 e. The fraction of sp³-hybridized carbons (Fsp3) is 0.667. The molecule has 0 aromatic carbocycles. The van der Waals surface area contributed by atoms with Crippen molar-refractivity contribution in [2.45, 2.75) is 24.9 Å².